The Balaban J connectivity index is 1.74. The summed E-state index contributed by atoms with van der Waals surface area (Å²) in [5.41, 5.74) is 1.25. The summed E-state index contributed by atoms with van der Waals surface area (Å²) < 4.78 is 41.5. The molecule has 7 nitrogen and oxygen atoms in total. The number of hydrogen-bond donors (Lipinski definition) is 2. The molecule has 2 aliphatic rings. The van der Waals surface area contributed by atoms with Gasteiger partial charge in [0, 0.05) is 31.4 Å². The van der Waals surface area contributed by atoms with E-state index in [2.05, 4.69) is 15.6 Å². The van der Waals surface area contributed by atoms with Crippen LogP contribution in [-0.4, -0.2) is 40.7 Å². The number of aryl methyl sites for hydroxylation is 1. The van der Waals surface area contributed by atoms with E-state index in [1.165, 1.54) is 6.20 Å². The lowest BCUT2D eigenvalue weighted by atomic mass is 9.91. The Labute approximate surface area is 201 Å². The van der Waals surface area contributed by atoms with Crippen molar-refractivity contribution in [3.63, 3.8) is 0 Å². The minimum absolute atomic E-state index is 0.0507. The van der Waals surface area contributed by atoms with E-state index in [1.807, 2.05) is 0 Å². The normalized spacial score (nSPS) is 20.7. The molecule has 0 radical (unpaired) electrons. The fraction of sp³-hybridized carbons (Fsp3) is 0.440. The van der Waals surface area contributed by atoms with Gasteiger partial charge >= 0.3 is 0 Å². The van der Waals surface area contributed by atoms with Gasteiger partial charge in [-0.25, -0.2) is 13.2 Å². The second-order valence-corrected chi connectivity index (χ2v) is 9.13. The summed E-state index contributed by atoms with van der Waals surface area (Å²) in [5.74, 6) is -4.90. The Morgan fingerprint density at radius 2 is 1.89 bits per heavy atom. The first-order valence-corrected chi connectivity index (χ1v) is 11.6. The Morgan fingerprint density at radius 3 is 2.51 bits per heavy atom. The van der Waals surface area contributed by atoms with Crippen molar-refractivity contribution in [1.82, 2.24) is 15.6 Å². The van der Waals surface area contributed by atoms with Gasteiger partial charge in [0.1, 0.15) is 17.9 Å². The molecule has 0 spiro atoms. The van der Waals surface area contributed by atoms with E-state index in [4.69, 9.17) is 0 Å². The molecule has 2 atom stereocenters. The van der Waals surface area contributed by atoms with Crippen LogP contribution in [0.2, 0.25) is 0 Å². The molecule has 2 unspecified atom stereocenters. The lowest BCUT2D eigenvalue weighted by molar-refractivity contribution is -0.129. The van der Waals surface area contributed by atoms with Gasteiger partial charge in [-0.3, -0.25) is 24.3 Å². The van der Waals surface area contributed by atoms with Crippen molar-refractivity contribution in [2.75, 3.05) is 4.90 Å². The number of benzene rings is 1. The molecule has 0 bridgehead atoms. The molecule has 10 heteroatoms. The highest BCUT2D eigenvalue weighted by Gasteiger charge is 2.41. The maximum atomic E-state index is 14.2. The Hall–Kier alpha value is -3.43. The molecule has 2 heterocycles. The summed E-state index contributed by atoms with van der Waals surface area (Å²) in [5, 5.41) is 5.44. The fourth-order valence-corrected chi connectivity index (χ4v) is 4.66. The van der Waals surface area contributed by atoms with Crippen LogP contribution in [0.15, 0.2) is 42.7 Å². The third kappa shape index (κ3) is 5.63. The SMILES string of the molecule is Cc1ccccc1C(C(=O)NC1CCC(F)(F)CC1)N(C(=O)C1CCC(=O)N1)c1cncc(F)c1. The number of carbonyl (C=O) groups is 3. The molecule has 3 amide bonds. The minimum Gasteiger partial charge on any atom is -0.351 e. The Kier molecular flexibility index (Phi) is 7.09. The number of rotatable bonds is 6. The summed E-state index contributed by atoms with van der Waals surface area (Å²) in [4.78, 5) is 44.2. The third-order valence-corrected chi connectivity index (χ3v) is 6.55. The molecule has 4 rings (SSSR count). The standard InChI is InChI=1S/C25H27F3N4O3/c1-15-4-2-3-5-19(15)22(23(34)30-17-8-10-25(27,28)11-9-17)32(18-12-16(26)13-29-14-18)24(35)20-6-7-21(33)31-20/h2-5,12-14,17,20,22H,6-11H2,1H3,(H,30,34)(H,31,33). The van der Waals surface area contributed by atoms with Gasteiger partial charge in [-0.2, -0.15) is 0 Å². The molecule has 1 aromatic heterocycles. The number of nitrogens with one attached hydrogen (secondary N) is 2. The monoisotopic (exact) mass is 488 g/mol. The molecule has 1 aliphatic carbocycles. The van der Waals surface area contributed by atoms with Crippen molar-refractivity contribution >= 4 is 23.4 Å². The van der Waals surface area contributed by atoms with E-state index >= 15 is 0 Å². The van der Waals surface area contributed by atoms with Gasteiger partial charge < -0.3 is 10.6 Å². The average molecular weight is 489 g/mol. The van der Waals surface area contributed by atoms with Crippen molar-refractivity contribution in [1.29, 1.82) is 0 Å². The number of amides is 3. The van der Waals surface area contributed by atoms with Crippen LogP contribution in [0, 0.1) is 12.7 Å². The second-order valence-electron chi connectivity index (χ2n) is 9.13. The predicted octanol–water partition coefficient (Wildman–Crippen LogP) is 3.58. The van der Waals surface area contributed by atoms with E-state index in [9.17, 15) is 27.6 Å². The largest absolute Gasteiger partial charge is 0.351 e. The molecule has 1 aliphatic heterocycles. The summed E-state index contributed by atoms with van der Waals surface area (Å²) in [6.07, 6.45) is 2.18. The number of pyridine rings is 1. The van der Waals surface area contributed by atoms with Gasteiger partial charge in [0.2, 0.25) is 17.7 Å². The zero-order valence-electron chi connectivity index (χ0n) is 19.3. The lowest BCUT2D eigenvalue weighted by Gasteiger charge is -2.35. The third-order valence-electron chi connectivity index (χ3n) is 6.55. The van der Waals surface area contributed by atoms with Crippen LogP contribution in [0.25, 0.3) is 0 Å². The first-order valence-electron chi connectivity index (χ1n) is 11.6. The molecular weight excluding hydrogens is 461 g/mol. The lowest BCUT2D eigenvalue weighted by Crippen LogP contribution is -2.52. The maximum Gasteiger partial charge on any atom is 0.250 e. The number of halogens is 3. The first kappa shape index (κ1) is 24.7. The van der Waals surface area contributed by atoms with Gasteiger partial charge in [0.25, 0.3) is 5.91 Å². The van der Waals surface area contributed by atoms with E-state index in [0.717, 1.165) is 17.2 Å². The zero-order chi connectivity index (χ0) is 25.2. The van der Waals surface area contributed by atoms with Gasteiger partial charge in [0.05, 0.1) is 18.1 Å². The number of nitrogens with zero attached hydrogens (tertiary/aromatic N) is 2. The average Bonchev–Trinajstić information content (AvgIpc) is 3.25. The van der Waals surface area contributed by atoms with E-state index in [0.29, 0.717) is 11.1 Å². The molecule has 1 saturated carbocycles. The van der Waals surface area contributed by atoms with Gasteiger partial charge in [-0.15, -0.1) is 0 Å². The molecule has 35 heavy (non-hydrogen) atoms. The first-order chi connectivity index (χ1) is 16.6. The molecule has 1 saturated heterocycles. The van der Waals surface area contributed by atoms with E-state index in [1.54, 1.807) is 31.2 Å². The molecule has 186 valence electrons. The van der Waals surface area contributed by atoms with Gasteiger partial charge in [-0.1, -0.05) is 24.3 Å². The summed E-state index contributed by atoms with van der Waals surface area (Å²) in [6.45, 7) is 1.78. The van der Waals surface area contributed by atoms with Crippen LogP contribution in [0.4, 0.5) is 18.9 Å². The predicted molar refractivity (Wildman–Crippen MR) is 122 cm³/mol. The summed E-state index contributed by atoms with van der Waals surface area (Å²) in [7, 11) is 0. The topological polar surface area (TPSA) is 91.4 Å². The van der Waals surface area contributed by atoms with Crippen molar-refractivity contribution in [2.24, 2.45) is 0 Å². The van der Waals surface area contributed by atoms with Crippen molar-refractivity contribution < 1.29 is 27.6 Å². The quantitative estimate of drug-likeness (QED) is 0.651. The van der Waals surface area contributed by atoms with Crippen LogP contribution in [0.5, 0.6) is 0 Å². The van der Waals surface area contributed by atoms with Gasteiger partial charge in [0.15, 0.2) is 0 Å². The van der Waals surface area contributed by atoms with Crippen LogP contribution in [0.3, 0.4) is 0 Å². The van der Waals surface area contributed by atoms with Gasteiger partial charge in [-0.05, 0) is 37.3 Å². The number of hydrogen-bond acceptors (Lipinski definition) is 4. The summed E-state index contributed by atoms with van der Waals surface area (Å²) >= 11 is 0. The van der Waals surface area contributed by atoms with Crippen LogP contribution in [-0.2, 0) is 14.4 Å². The van der Waals surface area contributed by atoms with Crippen molar-refractivity contribution in [2.45, 2.75) is 69.5 Å². The second kappa shape index (κ2) is 10.1. The smallest absolute Gasteiger partial charge is 0.250 e. The van der Waals surface area contributed by atoms with Crippen molar-refractivity contribution in [3.8, 4) is 0 Å². The highest BCUT2D eigenvalue weighted by atomic mass is 19.3. The minimum atomic E-state index is -2.76. The fourth-order valence-electron chi connectivity index (χ4n) is 4.66. The maximum absolute atomic E-state index is 14.2. The number of anilines is 1. The summed E-state index contributed by atoms with van der Waals surface area (Å²) in [6, 6.07) is 5.46. The number of alkyl halides is 2. The number of aromatic nitrogens is 1. The van der Waals surface area contributed by atoms with Crippen LogP contribution >= 0.6 is 0 Å². The van der Waals surface area contributed by atoms with Crippen molar-refractivity contribution in [3.05, 3.63) is 59.7 Å². The zero-order valence-corrected chi connectivity index (χ0v) is 19.3. The van der Waals surface area contributed by atoms with Crippen LogP contribution in [0.1, 0.15) is 55.7 Å². The molecular formula is C25H27F3N4O3. The number of carbonyl (C=O) groups excluding carboxylic acids is 3. The molecule has 1 aromatic carbocycles. The molecule has 2 fully saturated rings. The molecule has 2 aromatic rings. The van der Waals surface area contributed by atoms with E-state index < -0.39 is 41.7 Å². The van der Waals surface area contributed by atoms with Crippen LogP contribution < -0.4 is 15.5 Å². The highest BCUT2D eigenvalue weighted by Crippen LogP contribution is 2.35. The highest BCUT2D eigenvalue weighted by molar-refractivity contribution is 6.05. The Morgan fingerprint density at radius 1 is 1.17 bits per heavy atom. The Bertz CT molecular complexity index is 1120. The molecule has 2 N–H and O–H groups in total. The van der Waals surface area contributed by atoms with E-state index in [-0.39, 0.29) is 50.1 Å².